The fourth-order valence-electron chi connectivity index (χ4n) is 2.32. The Balaban J connectivity index is 2.15. The van der Waals surface area contributed by atoms with Gasteiger partial charge in [0.15, 0.2) is 0 Å². The van der Waals surface area contributed by atoms with Gasteiger partial charge in [0.2, 0.25) is 0 Å². The smallest absolute Gasteiger partial charge is 0.340 e. The lowest BCUT2D eigenvalue weighted by molar-refractivity contribution is 0.0524. The zero-order chi connectivity index (χ0) is 18.6. The van der Waals surface area contributed by atoms with E-state index >= 15 is 0 Å². The number of hydrogen-bond donors (Lipinski definition) is 3. The van der Waals surface area contributed by atoms with Crippen LogP contribution in [0.1, 0.15) is 44.6 Å². The highest BCUT2D eigenvalue weighted by Gasteiger charge is 2.18. The van der Waals surface area contributed by atoms with Gasteiger partial charge in [-0.1, -0.05) is 11.6 Å². The molecule has 2 rings (SSSR count). The Morgan fingerprint density at radius 2 is 2.12 bits per heavy atom. The summed E-state index contributed by atoms with van der Waals surface area (Å²) in [7, 11) is 0. The molecule has 1 aromatic carbocycles. The normalized spacial score (nSPS) is 10.9. The van der Waals surface area contributed by atoms with Crippen LogP contribution in [0, 0.1) is 13.8 Å². The van der Waals surface area contributed by atoms with Gasteiger partial charge in [0.1, 0.15) is 5.75 Å². The molecule has 25 heavy (non-hydrogen) atoms. The Kier molecular flexibility index (Phi) is 5.82. The minimum absolute atomic E-state index is 0.0104. The predicted molar refractivity (Wildman–Crippen MR) is 94.4 cm³/mol. The average Bonchev–Trinajstić information content (AvgIpc) is 2.84. The van der Waals surface area contributed by atoms with Gasteiger partial charge in [-0.05, 0) is 44.5 Å². The summed E-state index contributed by atoms with van der Waals surface area (Å²) in [5, 5.41) is 13.9. The van der Waals surface area contributed by atoms with E-state index < -0.39 is 11.9 Å². The van der Waals surface area contributed by atoms with Gasteiger partial charge in [0.25, 0.3) is 5.91 Å². The molecule has 0 saturated carbocycles. The molecule has 1 amide bonds. The van der Waals surface area contributed by atoms with Crippen molar-refractivity contribution in [2.45, 2.75) is 20.8 Å². The molecule has 0 spiro atoms. The first-order valence-electron chi connectivity index (χ1n) is 7.53. The zero-order valence-electron chi connectivity index (χ0n) is 14.0. The first-order valence-corrected chi connectivity index (χ1v) is 7.91. The van der Waals surface area contributed by atoms with Gasteiger partial charge in [-0.2, -0.15) is 5.10 Å². The summed E-state index contributed by atoms with van der Waals surface area (Å²) in [5.41, 5.74) is 4.64. The van der Waals surface area contributed by atoms with Gasteiger partial charge >= 0.3 is 5.97 Å². The maximum absolute atomic E-state index is 12.0. The number of aryl methyl sites for hydroxylation is 1. The third-order valence-corrected chi connectivity index (χ3v) is 3.75. The van der Waals surface area contributed by atoms with Crippen molar-refractivity contribution in [3.05, 3.63) is 51.3 Å². The number of rotatable bonds is 5. The summed E-state index contributed by atoms with van der Waals surface area (Å²) in [6.45, 7) is 5.52. The molecule has 1 heterocycles. The van der Waals surface area contributed by atoms with E-state index in [4.69, 9.17) is 16.3 Å². The second kappa shape index (κ2) is 7.85. The highest BCUT2D eigenvalue weighted by molar-refractivity contribution is 6.31. The molecular weight excluding hydrogens is 346 g/mol. The van der Waals surface area contributed by atoms with Gasteiger partial charge in [-0.3, -0.25) is 4.79 Å². The van der Waals surface area contributed by atoms with Gasteiger partial charge < -0.3 is 14.8 Å². The monoisotopic (exact) mass is 363 g/mol. The number of halogens is 1. The lowest BCUT2D eigenvalue weighted by Crippen LogP contribution is -2.17. The molecule has 0 saturated heterocycles. The molecular formula is C17H18ClN3O4. The fourth-order valence-corrected chi connectivity index (χ4v) is 2.49. The Morgan fingerprint density at radius 3 is 2.80 bits per heavy atom. The Hall–Kier alpha value is -2.80. The largest absolute Gasteiger partial charge is 0.507 e. The summed E-state index contributed by atoms with van der Waals surface area (Å²) in [4.78, 5) is 27.0. The number of esters is 1. The fraction of sp³-hybridized carbons (Fsp3) is 0.235. The molecule has 2 aromatic rings. The molecule has 0 fully saturated rings. The number of hydrazone groups is 1. The average molecular weight is 364 g/mol. The molecule has 3 N–H and O–H groups in total. The number of ether oxygens (including phenoxy) is 1. The second-order valence-electron chi connectivity index (χ2n) is 5.24. The van der Waals surface area contributed by atoms with E-state index in [1.54, 1.807) is 20.8 Å². The van der Waals surface area contributed by atoms with Crippen molar-refractivity contribution in [3.8, 4) is 5.75 Å². The highest BCUT2D eigenvalue weighted by atomic mass is 35.5. The number of aromatic hydroxyl groups is 1. The number of hydrogen-bond acceptors (Lipinski definition) is 5. The Morgan fingerprint density at radius 1 is 1.40 bits per heavy atom. The number of amides is 1. The van der Waals surface area contributed by atoms with Crippen molar-refractivity contribution < 1.29 is 19.4 Å². The molecule has 7 nitrogen and oxygen atoms in total. The summed E-state index contributed by atoms with van der Waals surface area (Å²) in [6.07, 6.45) is 1.38. The van der Waals surface area contributed by atoms with E-state index in [0.29, 0.717) is 27.5 Å². The van der Waals surface area contributed by atoms with Crippen LogP contribution in [0.15, 0.2) is 23.3 Å². The van der Waals surface area contributed by atoms with Crippen LogP contribution in [-0.4, -0.2) is 34.8 Å². The number of carbonyl (C=O) groups is 2. The van der Waals surface area contributed by atoms with Crippen molar-refractivity contribution in [1.29, 1.82) is 0 Å². The number of benzene rings is 1. The van der Waals surface area contributed by atoms with E-state index in [-0.39, 0.29) is 17.9 Å². The number of carbonyl (C=O) groups excluding carboxylic acids is 2. The quantitative estimate of drug-likeness (QED) is 0.431. The number of H-pyrrole nitrogens is 1. The standard InChI is InChI=1S/C17H18ClN3O4/c1-4-25-17(24)15-9(2)13(20-10(15)3)8-19-21-16(23)12-7-11(18)5-6-14(12)22/h5-8,20,22H,4H2,1-3H3,(H,21,23)/b19-8+. The van der Waals surface area contributed by atoms with Crippen molar-refractivity contribution in [2.24, 2.45) is 5.10 Å². The van der Waals surface area contributed by atoms with E-state index in [2.05, 4.69) is 15.5 Å². The first-order chi connectivity index (χ1) is 11.8. The van der Waals surface area contributed by atoms with Crippen molar-refractivity contribution in [2.75, 3.05) is 6.61 Å². The highest BCUT2D eigenvalue weighted by Crippen LogP contribution is 2.21. The van der Waals surface area contributed by atoms with Gasteiger partial charge in [-0.25, -0.2) is 10.2 Å². The van der Waals surface area contributed by atoms with Crippen LogP contribution in [0.3, 0.4) is 0 Å². The number of aromatic nitrogens is 1. The number of nitrogens with zero attached hydrogens (tertiary/aromatic N) is 1. The summed E-state index contributed by atoms with van der Waals surface area (Å²) in [5.74, 6) is -1.22. The maximum Gasteiger partial charge on any atom is 0.340 e. The summed E-state index contributed by atoms with van der Waals surface area (Å²) >= 11 is 5.81. The molecule has 0 aliphatic rings. The van der Waals surface area contributed by atoms with E-state index in [9.17, 15) is 14.7 Å². The number of nitrogens with one attached hydrogen (secondary N) is 2. The summed E-state index contributed by atoms with van der Waals surface area (Å²) in [6, 6.07) is 4.13. The minimum Gasteiger partial charge on any atom is -0.507 e. The first kappa shape index (κ1) is 18.5. The maximum atomic E-state index is 12.0. The van der Waals surface area contributed by atoms with Crippen LogP contribution >= 0.6 is 11.6 Å². The SMILES string of the molecule is CCOC(=O)c1c(C)[nH]c(/C=N/NC(=O)c2cc(Cl)ccc2O)c1C. The van der Waals surface area contributed by atoms with Crippen LogP contribution < -0.4 is 5.43 Å². The van der Waals surface area contributed by atoms with Crippen LogP contribution in [-0.2, 0) is 4.74 Å². The van der Waals surface area contributed by atoms with Crippen LogP contribution in [0.5, 0.6) is 5.75 Å². The van der Waals surface area contributed by atoms with Crippen LogP contribution in [0.25, 0.3) is 0 Å². The van der Waals surface area contributed by atoms with E-state index in [1.807, 2.05) is 0 Å². The minimum atomic E-state index is -0.609. The molecule has 0 unspecified atom stereocenters. The molecule has 0 bridgehead atoms. The summed E-state index contributed by atoms with van der Waals surface area (Å²) < 4.78 is 5.01. The van der Waals surface area contributed by atoms with Crippen molar-refractivity contribution in [1.82, 2.24) is 10.4 Å². The second-order valence-corrected chi connectivity index (χ2v) is 5.68. The Bertz CT molecular complexity index is 843. The number of aromatic amines is 1. The molecule has 132 valence electrons. The van der Waals surface area contributed by atoms with E-state index in [0.717, 1.165) is 0 Å². The van der Waals surface area contributed by atoms with Crippen LogP contribution in [0.2, 0.25) is 5.02 Å². The lowest BCUT2D eigenvalue weighted by Gasteiger charge is -2.03. The predicted octanol–water partition coefficient (Wildman–Crippen LogP) is 2.93. The molecule has 8 heteroatoms. The lowest BCUT2D eigenvalue weighted by atomic mass is 10.1. The van der Waals surface area contributed by atoms with Gasteiger partial charge in [0.05, 0.1) is 29.6 Å². The molecule has 0 aliphatic heterocycles. The van der Waals surface area contributed by atoms with Gasteiger partial charge in [-0.15, -0.1) is 0 Å². The molecule has 0 aliphatic carbocycles. The van der Waals surface area contributed by atoms with E-state index in [1.165, 1.54) is 24.4 Å². The topological polar surface area (TPSA) is 104 Å². The van der Waals surface area contributed by atoms with Crippen molar-refractivity contribution in [3.63, 3.8) is 0 Å². The van der Waals surface area contributed by atoms with Crippen LogP contribution in [0.4, 0.5) is 0 Å². The Labute approximate surface area is 149 Å². The molecule has 1 aromatic heterocycles. The molecule has 0 atom stereocenters. The van der Waals surface area contributed by atoms with Crippen molar-refractivity contribution >= 4 is 29.7 Å². The van der Waals surface area contributed by atoms with Gasteiger partial charge in [0, 0.05) is 10.7 Å². The third kappa shape index (κ3) is 4.19. The zero-order valence-corrected chi connectivity index (χ0v) is 14.8. The number of phenols is 1. The molecule has 0 radical (unpaired) electrons. The third-order valence-electron chi connectivity index (χ3n) is 3.52. The number of phenolic OH excluding ortho intramolecular Hbond substituents is 1.